The monoisotopic (exact) mass is 282 g/mol. The summed E-state index contributed by atoms with van der Waals surface area (Å²) >= 11 is 0. The van der Waals surface area contributed by atoms with Gasteiger partial charge in [0, 0.05) is 25.2 Å². The summed E-state index contributed by atoms with van der Waals surface area (Å²) in [5.41, 5.74) is 4.68. The zero-order valence-corrected chi connectivity index (χ0v) is 12.9. The standard InChI is InChI=1S/C18H22N2O/c1-13-5-4-6-16(20-13)12-19-11-14-7-8-17-15(9-14)10-18(2,3)21-17/h4-9,19H,10-12H2,1-3H3. The van der Waals surface area contributed by atoms with E-state index in [4.69, 9.17) is 4.74 Å². The van der Waals surface area contributed by atoms with Gasteiger partial charge in [-0.25, -0.2) is 0 Å². The highest BCUT2D eigenvalue weighted by atomic mass is 16.5. The summed E-state index contributed by atoms with van der Waals surface area (Å²) in [5, 5.41) is 3.45. The van der Waals surface area contributed by atoms with Gasteiger partial charge in [0.25, 0.3) is 0 Å². The Hall–Kier alpha value is -1.87. The third kappa shape index (κ3) is 3.42. The zero-order valence-electron chi connectivity index (χ0n) is 12.9. The molecule has 2 heterocycles. The van der Waals surface area contributed by atoms with E-state index < -0.39 is 0 Å². The number of pyridine rings is 1. The predicted octanol–water partition coefficient (Wildman–Crippen LogP) is 3.39. The van der Waals surface area contributed by atoms with Gasteiger partial charge in [0.2, 0.25) is 0 Å². The third-order valence-corrected chi connectivity index (χ3v) is 3.71. The number of nitrogens with one attached hydrogen (secondary N) is 1. The first-order valence-corrected chi connectivity index (χ1v) is 7.46. The molecule has 21 heavy (non-hydrogen) atoms. The normalized spacial score (nSPS) is 15.6. The molecule has 0 atom stereocenters. The van der Waals surface area contributed by atoms with Crippen LogP contribution in [0.3, 0.4) is 0 Å². The SMILES string of the molecule is Cc1cccc(CNCc2ccc3c(c2)CC(C)(C)O3)n1. The zero-order chi connectivity index (χ0) is 14.9. The molecule has 3 rings (SSSR count). The molecule has 0 amide bonds. The molecular weight excluding hydrogens is 260 g/mol. The van der Waals surface area contributed by atoms with Crippen LogP contribution in [0.15, 0.2) is 36.4 Å². The Morgan fingerprint density at radius 1 is 1.19 bits per heavy atom. The van der Waals surface area contributed by atoms with Crippen LogP contribution in [0.5, 0.6) is 5.75 Å². The molecule has 0 saturated carbocycles. The average Bonchev–Trinajstić information content (AvgIpc) is 2.72. The molecule has 1 N–H and O–H groups in total. The molecule has 110 valence electrons. The summed E-state index contributed by atoms with van der Waals surface area (Å²) in [6, 6.07) is 12.6. The lowest BCUT2D eigenvalue weighted by molar-refractivity contribution is 0.138. The van der Waals surface area contributed by atoms with Crippen LogP contribution in [0.25, 0.3) is 0 Å². The van der Waals surface area contributed by atoms with Crippen LogP contribution in [0, 0.1) is 6.92 Å². The van der Waals surface area contributed by atoms with Gasteiger partial charge in [-0.2, -0.15) is 0 Å². The molecular formula is C18H22N2O. The summed E-state index contributed by atoms with van der Waals surface area (Å²) in [6.07, 6.45) is 0.982. The van der Waals surface area contributed by atoms with E-state index >= 15 is 0 Å². The average molecular weight is 282 g/mol. The Morgan fingerprint density at radius 3 is 2.86 bits per heavy atom. The number of nitrogens with zero attached hydrogens (tertiary/aromatic N) is 1. The lowest BCUT2D eigenvalue weighted by Gasteiger charge is -2.16. The van der Waals surface area contributed by atoms with Crippen LogP contribution < -0.4 is 10.1 Å². The Balaban J connectivity index is 1.60. The fraction of sp³-hybridized carbons (Fsp3) is 0.389. The summed E-state index contributed by atoms with van der Waals surface area (Å²) in [4.78, 5) is 4.50. The molecule has 0 saturated heterocycles. The highest BCUT2D eigenvalue weighted by Gasteiger charge is 2.29. The van der Waals surface area contributed by atoms with Gasteiger partial charge in [0.1, 0.15) is 11.4 Å². The first kappa shape index (κ1) is 14.1. The van der Waals surface area contributed by atoms with E-state index in [0.717, 1.165) is 36.6 Å². The van der Waals surface area contributed by atoms with E-state index in [1.54, 1.807) is 0 Å². The van der Waals surface area contributed by atoms with Crippen LogP contribution in [-0.2, 0) is 19.5 Å². The number of ether oxygens (including phenoxy) is 1. The van der Waals surface area contributed by atoms with Crippen molar-refractivity contribution >= 4 is 0 Å². The van der Waals surface area contributed by atoms with E-state index in [0.29, 0.717) is 0 Å². The molecule has 1 aromatic carbocycles. The summed E-state index contributed by atoms with van der Waals surface area (Å²) in [7, 11) is 0. The van der Waals surface area contributed by atoms with Crippen LogP contribution >= 0.6 is 0 Å². The Kier molecular flexibility index (Phi) is 3.68. The lowest BCUT2D eigenvalue weighted by atomic mass is 10.0. The van der Waals surface area contributed by atoms with Crippen molar-refractivity contribution in [3.8, 4) is 5.75 Å². The maximum atomic E-state index is 5.91. The smallest absolute Gasteiger partial charge is 0.123 e. The highest BCUT2D eigenvalue weighted by molar-refractivity contribution is 5.41. The Labute approximate surface area is 126 Å². The minimum absolute atomic E-state index is 0.0696. The number of hydrogen-bond acceptors (Lipinski definition) is 3. The van der Waals surface area contributed by atoms with Crippen molar-refractivity contribution in [2.24, 2.45) is 0 Å². The fourth-order valence-electron chi connectivity index (χ4n) is 2.81. The molecule has 0 aliphatic carbocycles. The second kappa shape index (κ2) is 5.49. The minimum atomic E-state index is -0.0696. The molecule has 3 nitrogen and oxygen atoms in total. The van der Waals surface area contributed by atoms with Crippen molar-refractivity contribution in [1.82, 2.24) is 10.3 Å². The van der Waals surface area contributed by atoms with Gasteiger partial charge in [-0.1, -0.05) is 18.2 Å². The highest BCUT2D eigenvalue weighted by Crippen LogP contribution is 2.35. The van der Waals surface area contributed by atoms with Gasteiger partial charge in [0.05, 0.1) is 5.69 Å². The lowest BCUT2D eigenvalue weighted by Crippen LogP contribution is -2.24. The van der Waals surface area contributed by atoms with Gasteiger partial charge in [0.15, 0.2) is 0 Å². The van der Waals surface area contributed by atoms with E-state index in [2.05, 4.69) is 48.4 Å². The molecule has 1 aliphatic rings. The first-order chi connectivity index (χ1) is 10.0. The molecule has 0 spiro atoms. The largest absolute Gasteiger partial charge is 0.487 e. The predicted molar refractivity (Wildman–Crippen MR) is 84.4 cm³/mol. The fourth-order valence-corrected chi connectivity index (χ4v) is 2.81. The van der Waals surface area contributed by atoms with E-state index in [9.17, 15) is 0 Å². The minimum Gasteiger partial charge on any atom is -0.487 e. The number of hydrogen-bond donors (Lipinski definition) is 1. The maximum Gasteiger partial charge on any atom is 0.123 e. The summed E-state index contributed by atoms with van der Waals surface area (Å²) in [6.45, 7) is 7.93. The molecule has 0 bridgehead atoms. The van der Waals surface area contributed by atoms with Crippen molar-refractivity contribution in [3.63, 3.8) is 0 Å². The van der Waals surface area contributed by atoms with Gasteiger partial charge in [-0.15, -0.1) is 0 Å². The van der Waals surface area contributed by atoms with Crippen molar-refractivity contribution in [2.75, 3.05) is 0 Å². The number of aromatic nitrogens is 1. The van der Waals surface area contributed by atoms with E-state index in [1.165, 1.54) is 11.1 Å². The van der Waals surface area contributed by atoms with Crippen LogP contribution in [0.4, 0.5) is 0 Å². The molecule has 1 aromatic heterocycles. The second-order valence-electron chi connectivity index (χ2n) is 6.35. The maximum absolute atomic E-state index is 5.91. The van der Waals surface area contributed by atoms with Crippen LogP contribution in [-0.4, -0.2) is 10.6 Å². The second-order valence-corrected chi connectivity index (χ2v) is 6.35. The Morgan fingerprint density at radius 2 is 2.05 bits per heavy atom. The van der Waals surface area contributed by atoms with Crippen molar-refractivity contribution < 1.29 is 4.74 Å². The number of rotatable bonds is 4. The molecule has 0 unspecified atom stereocenters. The molecule has 0 fully saturated rings. The van der Waals surface area contributed by atoms with Crippen molar-refractivity contribution in [2.45, 2.75) is 45.9 Å². The summed E-state index contributed by atoms with van der Waals surface area (Å²) < 4.78 is 5.91. The number of fused-ring (bicyclic) bond motifs is 1. The molecule has 2 aromatic rings. The Bertz CT molecular complexity index is 649. The van der Waals surface area contributed by atoms with Gasteiger partial charge < -0.3 is 10.1 Å². The van der Waals surface area contributed by atoms with E-state index in [-0.39, 0.29) is 5.60 Å². The molecule has 3 heteroatoms. The topological polar surface area (TPSA) is 34.1 Å². The molecule has 1 aliphatic heterocycles. The summed E-state index contributed by atoms with van der Waals surface area (Å²) in [5.74, 6) is 1.03. The van der Waals surface area contributed by atoms with Crippen LogP contribution in [0.2, 0.25) is 0 Å². The van der Waals surface area contributed by atoms with Gasteiger partial charge in [-0.3, -0.25) is 4.98 Å². The quantitative estimate of drug-likeness (QED) is 0.933. The number of benzene rings is 1. The molecule has 0 radical (unpaired) electrons. The van der Waals surface area contributed by atoms with E-state index in [1.807, 2.05) is 19.1 Å². The van der Waals surface area contributed by atoms with Crippen molar-refractivity contribution in [1.29, 1.82) is 0 Å². The third-order valence-electron chi connectivity index (χ3n) is 3.71. The van der Waals surface area contributed by atoms with Gasteiger partial charge >= 0.3 is 0 Å². The van der Waals surface area contributed by atoms with Gasteiger partial charge in [-0.05, 0) is 50.1 Å². The first-order valence-electron chi connectivity index (χ1n) is 7.46. The van der Waals surface area contributed by atoms with Crippen molar-refractivity contribution in [3.05, 3.63) is 58.9 Å². The van der Waals surface area contributed by atoms with Crippen LogP contribution in [0.1, 0.15) is 36.4 Å². The number of aryl methyl sites for hydroxylation is 1.